The number of halogens is 1. The Hall–Kier alpha value is -2.33. The summed E-state index contributed by atoms with van der Waals surface area (Å²) in [7, 11) is 0. The second-order valence-corrected chi connectivity index (χ2v) is 5.16. The maximum Gasteiger partial charge on any atom is 0.252 e. The second kappa shape index (κ2) is 8.20. The lowest BCUT2D eigenvalue weighted by Gasteiger charge is -2.07. The third-order valence-corrected chi connectivity index (χ3v) is 3.42. The van der Waals surface area contributed by atoms with E-state index in [1.54, 1.807) is 24.3 Å². The fourth-order valence-corrected chi connectivity index (χ4v) is 2.14. The lowest BCUT2D eigenvalue weighted by Crippen LogP contribution is -2.30. The zero-order chi connectivity index (χ0) is 15.8. The van der Waals surface area contributed by atoms with Crippen LogP contribution in [0.25, 0.3) is 0 Å². The predicted octanol–water partition coefficient (Wildman–Crippen LogP) is 2.78. The molecule has 0 saturated heterocycles. The van der Waals surface area contributed by atoms with Gasteiger partial charge in [0, 0.05) is 19.5 Å². The Kier molecular flexibility index (Phi) is 5.98. The van der Waals surface area contributed by atoms with Crippen LogP contribution in [-0.2, 0) is 11.3 Å². The van der Waals surface area contributed by atoms with Crippen LogP contribution in [0.15, 0.2) is 54.6 Å². The zero-order valence-electron chi connectivity index (χ0n) is 12.0. The molecule has 0 aromatic heterocycles. The molecule has 0 radical (unpaired) electrons. The molecule has 0 atom stereocenters. The van der Waals surface area contributed by atoms with E-state index in [1.807, 2.05) is 30.3 Å². The molecule has 0 saturated carbocycles. The quantitative estimate of drug-likeness (QED) is 0.861. The van der Waals surface area contributed by atoms with E-state index in [2.05, 4.69) is 10.6 Å². The van der Waals surface area contributed by atoms with Gasteiger partial charge in [0.25, 0.3) is 5.91 Å². The molecule has 2 rings (SSSR count). The fraction of sp³-hybridized carbons (Fsp3) is 0.176. The van der Waals surface area contributed by atoms with E-state index in [1.165, 1.54) is 0 Å². The lowest BCUT2D eigenvalue weighted by atomic mass is 10.2. The molecule has 4 nitrogen and oxygen atoms in total. The van der Waals surface area contributed by atoms with Crippen LogP contribution in [0, 0.1) is 0 Å². The Balaban J connectivity index is 1.71. The van der Waals surface area contributed by atoms with Crippen molar-refractivity contribution in [3.8, 4) is 0 Å². The van der Waals surface area contributed by atoms with Crippen LogP contribution in [-0.4, -0.2) is 18.4 Å². The first-order valence-electron chi connectivity index (χ1n) is 7.00. The van der Waals surface area contributed by atoms with E-state index in [-0.39, 0.29) is 24.8 Å². The highest BCUT2D eigenvalue weighted by Gasteiger charge is 2.09. The smallest absolute Gasteiger partial charge is 0.252 e. The van der Waals surface area contributed by atoms with Gasteiger partial charge >= 0.3 is 0 Å². The second-order valence-electron chi connectivity index (χ2n) is 4.75. The number of nitrogens with one attached hydrogen (secondary N) is 2. The molecular formula is C17H17ClN2O2. The number of rotatable bonds is 6. The van der Waals surface area contributed by atoms with Gasteiger partial charge in [0.15, 0.2) is 0 Å². The number of hydrogen-bond donors (Lipinski definition) is 2. The molecular weight excluding hydrogens is 300 g/mol. The zero-order valence-corrected chi connectivity index (χ0v) is 12.8. The molecule has 2 N–H and O–H groups in total. The van der Waals surface area contributed by atoms with Crippen molar-refractivity contribution in [2.24, 2.45) is 0 Å². The minimum absolute atomic E-state index is 0.108. The summed E-state index contributed by atoms with van der Waals surface area (Å²) in [6.07, 6.45) is 0.225. The maximum absolute atomic E-state index is 11.9. The molecule has 0 unspecified atom stereocenters. The minimum atomic E-state index is -0.276. The van der Waals surface area contributed by atoms with E-state index in [9.17, 15) is 9.59 Å². The van der Waals surface area contributed by atoms with Crippen molar-refractivity contribution in [2.75, 3.05) is 6.54 Å². The maximum atomic E-state index is 11.9. The van der Waals surface area contributed by atoms with Crippen molar-refractivity contribution in [1.82, 2.24) is 10.6 Å². The van der Waals surface area contributed by atoms with E-state index in [0.717, 1.165) is 5.56 Å². The first-order chi connectivity index (χ1) is 10.7. The van der Waals surface area contributed by atoms with Gasteiger partial charge < -0.3 is 10.6 Å². The van der Waals surface area contributed by atoms with Gasteiger partial charge in [-0.1, -0.05) is 54.1 Å². The molecule has 0 spiro atoms. The molecule has 0 aliphatic heterocycles. The average molecular weight is 317 g/mol. The van der Waals surface area contributed by atoms with Crippen molar-refractivity contribution in [1.29, 1.82) is 0 Å². The predicted molar refractivity (Wildman–Crippen MR) is 86.7 cm³/mol. The first-order valence-corrected chi connectivity index (χ1v) is 7.38. The molecule has 2 aromatic rings. The van der Waals surface area contributed by atoms with Crippen molar-refractivity contribution < 1.29 is 9.59 Å². The van der Waals surface area contributed by atoms with Crippen LogP contribution in [0.1, 0.15) is 22.3 Å². The van der Waals surface area contributed by atoms with E-state index in [0.29, 0.717) is 17.1 Å². The molecule has 2 aromatic carbocycles. The summed E-state index contributed by atoms with van der Waals surface area (Å²) in [5.41, 5.74) is 1.45. The number of carbonyl (C=O) groups excluding carboxylic acids is 2. The Bertz CT molecular complexity index is 644. The van der Waals surface area contributed by atoms with Crippen LogP contribution < -0.4 is 10.6 Å². The molecule has 0 fully saturated rings. The largest absolute Gasteiger partial charge is 0.352 e. The Morgan fingerprint density at radius 3 is 2.32 bits per heavy atom. The summed E-state index contributed by atoms with van der Waals surface area (Å²) < 4.78 is 0. The fourth-order valence-electron chi connectivity index (χ4n) is 1.92. The molecule has 5 heteroatoms. The number of benzene rings is 2. The molecule has 0 bridgehead atoms. The standard InChI is InChI=1S/C17H17ClN2O2/c18-15-9-5-4-8-14(15)17(22)19-11-10-16(21)20-12-13-6-2-1-3-7-13/h1-9H,10-12H2,(H,19,22)(H,20,21). The van der Waals surface area contributed by atoms with Gasteiger partial charge in [-0.15, -0.1) is 0 Å². The van der Waals surface area contributed by atoms with Crippen LogP contribution in [0.5, 0.6) is 0 Å². The van der Waals surface area contributed by atoms with Gasteiger partial charge in [0.2, 0.25) is 5.91 Å². The molecule has 0 aliphatic carbocycles. The molecule has 0 aliphatic rings. The summed E-state index contributed by atoms with van der Waals surface area (Å²) in [6, 6.07) is 16.5. The third-order valence-electron chi connectivity index (χ3n) is 3.09. The van der Waals surface area contributed by atoms with Crippen LogP contribution >= 0.6 is 11.6 Å². The Labute approximate surface area is 134 Å². The molecule has 22 heavy (non-hydrogen) atoms. The van der Waals surface area contributed by atoms with E-state index >= 15 is 0 Å². The summed E-state index contributed by atoms with van der Waals surface area (Å²) in [5.74, 6) is -0.384. The van der Waals surface area contributed by atoms with E-state index < -0.39 is 0 Å². The minimum Gasteiger partial charge on any atom is -0.352 e. The number of carbonyl (C=O) groups is 2. The average Bonchev–Trinajstić information content (AvgIpc) is 2.54. The summed E-state index contributed by atoms with van der Waals surface area (Å²) in [4.78, 5) is 23.6. The highest BCUT2D eigenvalue weighted by atomic mass is 35.5. The van der Waals surface area contributed by atoms with Crippen molar-refractivity contribution >= 4 is 23.4 Å². The first kappa shape index (κ1) is 16.0. The van der Waals surface area contributed by atoms with Crippen LogP contribution in [0.4, 0.5) is 0 Å². The van der Waals surface area contributed by atoms with Crippen molar-refractivity contribution in [2.45, 2.75) is 13.0 Å². The van der Waals surface area contributed by atoms with Gasteiger partial charge in [-0.05, 0) is 17.7 Å². The van der Waals surface area contributed by atoms with Crippen molar-refractivity contribution in [3.63, 3.8) is 0 Å². The van der Waals surface area contributed by atoms with Gasteiger partial charge in [-0.25, -0.2) is 0 Å². The number of hydrogen-bond acceptors (Lipinski definition) is 2. The van der Waals surface area contributed by atoms with Gasteiger partial charge in [-0.3, -0.25) is 9.59 Å². The van der Waals surface area contributed by atoms with Crippen LogP contribution in [0.2, 0.25) is 5.02 Å². The highest BCUT2D eigenvalue weighted by molar-refractivity contribution is 6.33. The lowest BCUT2D eigenvalue weighted by molar-refractivity contribution is -0.121. The molecule has 0 heterocycles. The summed E-state index contributed by atoms with van der Waals surface area (Å²) in [5, 5.41) is 5.89. The van der Waals surface area contributed by atoms with Crippen LogP contribution in [0.3, 0.4) is 0 Å². The van der Waals surface area contributed by atoms with Gasteiger partial charge in [0.05, 0.1) is 10.6 Å². The third kappa shape index (κ3) is 4.90. The Morgan fingerprint density at radius 1 is 0.909 bits per heavy atom. The SMILES string of the molecule is O=C(CCNC(=O)c1ccccc1Cl)NCc1ccccc1. The molecule has 2 amide bonds. The van der Waals surface area contributed by atoms with Gasteiger partial charge in [0.1, 0.15) is 0 Å². The van der Waals surface area contributed by atoms with Gasteiger partial charge in [-0.2, -0.15) is 0 Å². The Morgan fingerprint density at radius 2 is 1.59 bits per heavy atom. The normalized spacial score (nSPS) is 10.0. The van der Waals surface area contributed by atoms with E-state index in [4.69, 9.17) is 11.6 Å². The van der Waals surface area contributed by atoms with Crippen molar-refractivity contribution in [3.05, 3.63) is 70.7 Å². The highest BCUT2D eigenvalue weighted by Crippen LogP contribution is 2.14. The summed E-state index contributed by atoms with van der Waals surface area (Å²) >= 11 is 5.94. The monoisotopic (exact) mass is 316 g/mol. The summed E-state index contributed by atoms with van der Waals surface area (Å²) in [6.45, 7) is 0.753. The topological polar surface area (TPSA) is 58.2 Å². The molecule has 114 valence electrons. The number of amides is 2.